The van der Waals surface area contributed by atoms with Crippen molar-refractivity contribution in [3.8, 4) is 5.75 Å². The predicted molar refractivity (Wildman–Crippen MR) is 63.5 cm³/mol. The summed E-state index contributed by atoms with van der Waals surface area (Å²) >= 11 is 0. The molecular formula is C11H14N4O2. The monoisotopic (exact) mass is 234 g/mol. The van der Waals surface area contributed by atoms with E-state index >= 15 is 0 Å². The average molecular weight is 234 g/mol. The lowest BCUT2D eigenvalue weighted by atomic mass is 10.2. The average Bonchev–Trinajstić information content (AvgIpc) is 2.36. The van der Waals surface area contributed by atoms with E-state index in [2.05, 4.69) is 15.3 Å². The molecule has 0 aliphatic rings. The maximum absolute atomic E-state index is 11.1. The van der Waals surface area contributed by atoms with Gasteiger partial charge in [0.1, 0.15) is 12.3 Å². The van der Waals surface area contributed by atoms with Crippen molar-refractivity contribution in [3.05, 3.63) is 40.3 Å². The van der Waals surface area contributed by atoms with Gasteiger partial charge in [-0.15, -0.1) is 0 Å². The van der Waals surface area contributed by atoms with Gasteiger partial charge in [-0.2, -0.15) is 0 Å². The smallest absolute Gasteiger partial charge is 0.226 e. The molecule has 1 aromatic rings. The van der Waals surface area contributed by atoms with Crippen LogP contribution in [0, 0.1) is 0 Å². The van der Waals surface area contributed by atoms with Gasteiger partial charge >= 0.3 is 0 Å². The highest BCUT2D eigenvalue weighted by Gasteiger charge is 1.99. The van der Waals surface area contributed by atoms with Crippen molar-refractivity contribution in [2.24, 2.45) is 5.11 Å². The molecule has 6 nitrogen and oxygen atoms in total. The first-order valence-corrected chi connectivity index (χ1v) is 5.25. The molecule has 90 valence electrons. The molecule has 17 heavy (non-hydrogen) atoms. The molecule has 1 aromatic carbocycles. The minimum absolute atomic E-state index is 0.173. The summed E-state index contributed by atoms with van der Waals surface area (Å²) in [6.07, 6.45) is 0. The fourth-order valence-corrected chi connectivity index (χ4v) is 1.22. The van der Waals surface area contributed by atoms with Gasteiger partial charge in [0.05, 0.1) is 6.61 Å². The van der Waals surface area contributed by atoms with Crippen LogP contribution in [-0.4, -0.2) is 19.1 Å². The molecule has 0 bridgehead atoms. The summed E-state index contributed by atoms with van der Waals surface area (Å²) < 4.78 is 5.30. The number of nitrogens with one attached hydrogen (secondary N) is 1. The Morgan fingerprint density at radius 3 is 2.76 bits per heavy atom. The topological polar surface area (TPSA) is 87.1 Å². The Morgan fingerprint density at radius 2 is 2.18 bits per heavy atom. The molecule has 0 saturated carbocycles. The first-order chi connectivity index (χ1) is 8.26. The molecule has 0 fully saturated rings. The quantitative estimate of drug-likeness (QED) is 0.463. The molecule has 0 unspecified atom stereocenters. The lowest BCUT2D eigenvalue weighted by Gasteiger charge is -2.05. The van der Waals surface area contributed by atoms with Gasteiger partial charge in [-0.3, -0.25) is 4.79 Å². The SMILES string of the molecule is CCOc1ccc(CNC(=O)CN=[N+]=[N-])cc1. The number of ether oxygens (including phenoxy) is 1. The van der Waals surface area contributed by atoms with Crippen LogP contribution in [0.1, 0.15) is 12.5 Å². The predicted octanol–water partition coefficient (Wildman–Crippen LogP) is 2.01. The molecule has 1 amide bonds. The molecule has 0 spiro atoms. The number of carbonyl (C=O) groups excluding carboxylic acids is 1. The van der Waals surface area contributed by atoms with Crippen LogP contribution >= 0.6 is 0 Å². The van der Waals surface area contributed by atoms with Gasteiger partial charge in [-0.1, -0.05) is 17.2 Å². The number of hydrogen-bond donors (Lipinski definition) is 1. The summed E-state index contributed by atoms with van der Waals surface area (Å²) in [6.45, 7) is 2.78. The fourth-order valence-electron chi connectivity index (χ4n) is 1.22. The Labute approximate surface area is 99.2 Å². The Morgan fingerprint density at radius 1 is 1.47 bits per heavy atom. The van der Waals surface area contributed by atoms with Gasteiger partial charge in [0.15, 0.2) is 0 Å². The van der Waals surface area contributed by atoms with Crippen molar-refractivity contribution >= 4 is 5.91 Å². The zero-order valence-electron chi connectivity index (χ0n) is 9.59. The van der Waals surface area contributed by atoms with E-state index < -0.39 is 0 Å². The highest BCUT2D eigenvalue weighted by molar-refractivity contribution is 5.78. The molecule has 0 aromatic heterocycles. The normalized spacial score (nSPS) is 9.24. The molecule has 0 radical (unpaired) electrons. The number of hydrogen-bond acceptors (Lipinski definition) is 3. The van der Waals surface area contributed by atoms with Crippen LogP contribution in [0.2, 0.25) is 0 Å². The summed E-state index contributed by atoms with van der Waals surface area (Å²) in [5.74, 6) is 0.508. The van der Waals surface area contributed by atoms with Crippen LogP contribution in [-0.2, 0) is 11.3 Å². The van der Waals surface area contributed by atoms with Crippen LogP contribution < -0.4 is 10.1 Å². The molecule has 1 rings (SSSR count). The minimum Gasteiger partial charge on any atom is -0.494 e. The van der Waals surface area contributed by atoms with Gasteiger partial charge in [-0.25, -0.2) is 0 Å². The summed E-state index contributed by atoms with van der Waals surface area (Å²) in [4.78, 5) is 13.7. The van der Waals surface area contributed by atoms with Crippen LogP contribution in [0.4, 0.5) is 0 Å². The van der Waals surface area contributed by atoms with E-state index in [1.807, 2.05) is 31.2 Å². The molecule has 0 saturated heterocycles. The van der Waals surface area contributed by atoms with E-state index in [0.717, 1.165) is 11.3 Å². The molecule has 6 heteroatoms. The van der Waals surface area contributed by atoms with Gasteiger partial charge in [0.2, 0.25) is 5.91 Å². The van der Waals surface area contributed by atoms with Crippen molar-refractivity contribution in [2.75, 3.05) is 13.2 Å². The lowest BCUT2D eigenvalue weighted by Crippen LogP contribution is -2.24. The van der Waals surface area contributed by atoms with Crippen molar-refractivity contribution in [3.63, 3.8) is 0 Å². The maximum Gasteiger partial charge on any atom is 0.226 e. The number of rotatable bonds is 6. The Hall–Kier alpha value is -2.20. The van der Waals surface area contributed by atoms with Crippen molar-refractivity contribution in [2.45, 2.75) is 13.5 Å². The summed E-state index contributed by atoms with van der Waals surface area (Å²) in [5, 5.41) is 5.81. The molecule has 1 N–H and O–H groups in total. The zero-order valence-corrected chi connectivity index (χ0v) is 9.59. The van der Waals surface area contributed by atoms with Crippen LogP contribution in [0.5, 0.6) is 5.75 Å². The maximum atomic E-state index is 11.1. The first kappa shape index (κ1) is 12.9. The van der Waals surface area contributed by atoms with Crippen LogP contribution in [0.25, 0.3) is 10.4 Å². The fraction of sp³-hybridized carbons (Fsp3) is 0.364. The van der Waals surface area contributed by atoms with E-state index in [1.54, 1.807) is 0 Å². The number of azide groups is 1. The van der Waals surface area contributed by atoms with E-state index in [9.17, 15) is 4.79 Å². The molecule has 0 aliphatic heterocycles. The van der Waals surface area contributed by atoms with Crippen LogP contribution in [0.15, 0.2) is 29.4 Å². The second-order valence-electron chi connectivity index (χ2n) is 3.24. The Kier molecular flexibility index (Phi) is 5.40. The second-order valence-corrected chi connectivity index (χ2v) is 3.24. The van der Waals surface area contributed by atoms with Gasteiger partial charge in [-0.05, 0) is 30.2 Å². The van der Waals surface area contributed by atoms with E-state index in [-0.39, 0.29) is 12.5 Å². The lowest BCUT2D eigenvalue weighted by molar-refractivity contribution is -0.119. The third-order valence-electron chi connectivity index (χ3n) is 2.00. The minimum atomic E-state index is -0.295. The number of benzene rings is 1. The third kappa shape index (κ3) is 4.90. The zero-order chi connectivity index (χ0) is 12.5. The molecule has 0 heterocycles. The number of amides is 1. The number of nitrogens with zero attached hydrogens (tertiary/aromatic N) is 3. The van der Waals surface area contributed by atoms with Gasteiger partial charge in [0.25, 0.3) is 0 Å². The third-order valence-corrected chi connectivity index (χ3v) is 2.00. The molecule has 0 atom stereocenters. The van der Waals surface area contributed by atoms with E-state index in [1.165, 1.54) is 0 Å². The van der Waals surface area contributed by atoms with Crippen LogP contribution in [0.3, 0.4) is 0 Å². The van der Waals surface area contributed by atoms with Crippen molar-refractivity contribution in [1.82, 2.24) is 5.32 Å². The largest absolute Gasteiger partial charge is 0.494 e. The molecular weight excluding hydrogens is 220 g/mol. The van der Waals surface area contributed by atoms with Gasteiger partial charge < -0.3 is 10.1 Å². The summed E-state index contributed by atoms with van der Waals surface area (Å²) in [6, 6.07) is 7.44. The summed E-state index contributed by atoms with van der Waals surface area (Å²) in [7, 11) is 0. The Balaban J connectivity index is 2.41. The number of carbonyl (C=O) groups is 1. The van der Waals surface area contributed by atoms with E-state index in [0.29, 0.717) is 13.2 Å². The van der Waals surface area contributed by atoms with Crippen molar-refractivity contribution in [1.29, 1.82) is 0 Å². The first-order valence-electron chi connectivity index (χ1n) is 5.25. The highest BCUT2D eigenvalue weighted by Crippen LogP contribution is 2.11. The van der Waals surface area contributed by atoms with E-state index in [4.69, 9.17) is 10.3 Å². The highest BCUT2D eigenvalue weighted by atomic mass is 16.5. The Bertz CT molecular complexity index is 410. The summed E-state index contributed by atoms with van der Waals surface area (Å²) in [5.41, 5.74) is 9.01. The molecule has 0 aliphatic carbocycles. The second kappa shape index (κ2) is 7.14. The van der Waals surface area contributed by atoms with Crippen molar-refractivity contribution < 1.29 is 9.53 Å². The standard InChI is InChI=1S/C11H14N4O2/c1-2-17-10-5-3-9(4-6-10)7-13-11(16)8-14-15-12/h3-6H,2,7-8H2,1H3,(H,13,16). The van der Waals surface area contributed by atoms with Gasteiger partial charge in [0, 0.05) is 11.5 Å².